The normalized spacial score (nSPS) is 10.5. The number of hydrogen-bond acceptors (Lipinski definition) is 3. The van der Waals surface area contributed by atoms with E-state index in [0.29, 0.717) is 9.75 Å². The van der Waals surface area contributed by atoms with Crippen molar-refractivity contribution in [1.29, 1.82) is 0 Å². The Morgan fingerprint density at radius 3 is 1.67 bits per heavy atom. The van der Waals surface area contributed by atoms with Gasteiger partial charge in [-0.25, -0.2) is 0 Å². The third-order valence-corrected chi connectivity index (χ3v) is 3.68. The molecule has 0 saturated carbocycles. The predicted molar refractivity (Wildman–Crippen MR) is 61.8 cm³/mol. The van der Waals surface area contributed by atoms with Gasteiger partial charge in [-0.2, -0.15) is 0 Å². The number of benzene rings is 1. The van der Waals surface area contributed by atoms with Gasteiger partial charge < -0.3 is 0 Å². The monoisotopic (exact) mass is 218 g/mol. The molecule has 0 aliphatic rings. The highest BCUT2D eigenvalue weighted by Crippen LogP contribution is 2.31. The van der Waals surface area contributed by atoms with E-state index in [1.54, 1.807) is 0 Å². The third-order valence-electron chi connectivity index (χ3n) is 2.26. The molecule has 15 heavy (non-hydrogen) atoms. The summed E-state index contributed by atoms with van der Waals surface area (Å²) in [7, 11) is 0. The summed E-state index contributed by atoms with van der Waals surface area (Å²) in [6.07, 6.45) is 0. The minimum Gasteiger partial charge on any atom is -0.294 e. The zero-order valence-corrected chi connectivity index (χ0v) is 9.35. The van der Waals surface area contributed by atoms with Gasteiger partial charge >= 0.3 is 0 Å². The predicted octanol–water partition coefficient (Wildman–Crippen LogP) is 3.31. The molecule has 0 spiro atoms. The highest BCUT2D eigenvalue weighted by molar-refractivity contribution is 7.18. The first-order chi connectivity index (χ1) is 7.11. The lowest BCUT2D eigenvalue weighted by atomic mass is 10.1. The molecule has 0 aliphatic heterocycles. The summed E-state index contributed by atoms with van der Waals surface area (Å²) >= 11 is 1.29. The molecule has 0 saturated heterocycles. The topological polar surface area (TPSA) is 34.1 Å². The Morgan fingerprint density at radius 1 is 0.933 bits per heavy atom. The van der Waals surface area contributed by atoms with Crippen LogP contribution in [-0.2, 0) is 0 Å². The lowest BCUT2D eigenvalue weighted by Crippen LogP contribution is -1.86. The number of Topliss-reactive ketones (excluding diaryl/α,β-unsaturated/α-hetero) is 2. The molecule has 0 N–H and O–H groups in total. The second kappa shape index (κ2) is 3.59. The highest BCUT2D eigenvalue weighted by atomic mass is 32.1. The van der Waals surface area contributed by atoms with Gasteiger partial charge in [0, 0.05) is 10.8 Å². The van der Waals surface area contributed by atoms with Gasteiger partial charge in [0.25, 0.3) is 0 Å². The molecule has 0 radical (unpaired) electrons. The first kappa shape index (κ1) is 10.1. The van der Waals surface area contributed by atoms with Crippen LogP contribution in [0.3, 0.4) is 0 Å². The van der Waals surface area contributed by atoms with Gasteiger partial charge in [-0.05, 0) is 13.8 Å². The second-order valence-corrected chi connectivity index (χ2v) is 4.44. The number of carbonyl (C=O) groups excluding carboxylic acids is 2. The maximum absolute atomic E-state index is 11.4. The minimum absolute atomic E-state index is 0.0173. The molecule has 0 aliphatic carbocycles. The van der Waals surface area contributed by atoms with Gasteiger partial charge in [0.2, 0.25) is 0 Å². The SMILES string of the molecule is CC(=O)c1sc(C(C)=O)c2ccccc12. The van der Waals surface area contributed by atoms with Crippen molar-refractivity contribution in [3.63, 3.8) is 0 Å². The van der Waals surface area contributed by atoms with Gasteiger partial charge in [0.15, 0.2) is 11.6 Å². The first-order valence-electron chi connectivity index (χ1n) is 4.64. The average Bonchev–Trinajstić information content (AvgIpc) is 2.56. The molecule has 76 valence electrons. The molecule has 0 atom stereocenters. The average molecular weight is 218 g/mol. The summed E-state index contributed by atoms with van der Waals surface area (Å²) in [6, 6.07) is 7.53. The van der Waals surface area contributed by atoms with Crippen LogP contribution >= 0.6 is 11.3 Å². The van der Waals surface area contributed by atoms with E-state index in [9.17, 15) is 9.59 Å². The van der Waals surface area contributed by atoms with Crippen molar-refractivity contribution in [2.24, 2.45) is 0 Å². The largest absolute Gasteiger partial charge is 0.294 e. The van der Waals surface area contributed by atoms with E-state index < -0.39 is 0 Å². The number of fused-ring (bicyclic) bond motifs is 1. The van der Waals surface area contributed by atoms with Crippen LogP contribution in [0.25, 0.3) is 10.8 Å². The van der Waals surface area contributed by atoms with Crippen molar-refractivity contribution >= 4 is 33.7 Å². The van der Waals surface area contributed by atoms with Crippen LogP contribution in [-0.4, -0.2) is 11.6 Å². The van der Waals surface area contributed by atoms with Gasteiger partial charge in [0.05, 0.1) is 9.75 Å². The van der Waals surface area contributed by atoms with Crippen LogP contribution in [0.2, 0.25) is 0 Å². The molecule has 1 heterocycles. The molecule has 0 bridgehead atoms. The number of thiophene rings is 1. The van der Waals surface area contributed by atoms with E-state index in [4.69, 9.17) is 0 Å². The number of ketones is 2. The minimum atomic E-state index is 0.0173. The van der Waals surface area contributed by atoms with E-state index in [2.05, 4.69) is 0 Å². The van der Waals surface area contributed by atoms with Gasteiger partial charge in [-0.3, -0.25) is 9.59 Å². The van der Waals surface area contributed by atoms with E-state index in [-0.39, 0.29) is 11.6 Å². The number of hydrogen-bond donors (Lipinski definition) is 0. The number of carbonyl (C=O) groups is 2. The van der Waals surface area contributed by atoms with Gasteiger partial charge in [-0.15, -0.1) is 11.3 Å². The van der Waals surface area contributed by atoms with Crippen LogP contribution in [0.5, 0.6) is 0 Å². The second-order valence-electron chi connectivity index (χ2n) is 3.42. The van der Waals surface area contributed by atoms with Crippen molar-refractivity contribution in [3.05, 3.63) is 34.0 Å². The zero-order chi connectivity index (χ0) is 11.0. The van der Waals surface area contributed by atoms with Crippen LogP contribution in [0, 0.1) is 0 Å². The Hall–Kier alpha value is -1.48. The molecular weight excluding hydrogens is 208 g/mol. The van der Waals surface area contributed by atoms with Crippen LogP contribution in [0.15, 0.2) is 24.3 Å². The molecule has 0 fully saturated rings. The molecule has 2 rings (SSSR count). The number of rotatable bonds is 2. The Labute approximate surface area is 91.5 Å². The first-order valence-corrected chi connectivity index (χ1v) is 5.46. The van der Waals surface area contributed by atoms with Crippen LogP contribution in [0.1, 0.15) is 33.2 Å². The quantitative estimate of drug-likeness (QED) is 0.725. The van der Waals surface area contributed by atoms with Crippen molar-refractivity contribution in [1.82, 2.24) is 0 Å². The summed E-state index contributed by atoms with van der Waals surface area (Å²) in [5.74, 6) is 0.0346. The van der Waals surface area contributed by atoms with Crippen LogP contribution in [0.4, 0.5) is 0 Å². The summed E-state index contributed by atoms with van der Waals surface area (Å²) < 4.78 is 0. The molecule has 2 aromatic rings. The molecule has 0 amide bonds. The standard InChI is InChI=1S/C12H10O2S/c1-7(13)11-9-5-3-4-6-10(9)12(15-11)8(2)14/h3-6H,1-2H3. The van der Waals surface area contributed by atoms with E-state index in [1.807, 2.05) is 24.3 Å². The fourth-order valence-electron chi connectivity index (χ4n) is 1.61. The molecule has 2 nitrogen and oxygen atoms in total. The summed E-state index contributed by atoms with van der Waals surface area (Å²) in [5.41, 5.74) is 0. The van der Waals surface area contributed by atoms with E-state index in [0.717, 1.165) is 10.8 Å². The lowest BCUT2D eigenvalue weighted by molar-refractivity contribution is 0.101. The third kappa shape index (κ3) is 1.59. The van der Waals surface area contributed by atoms with Crippen molar-refractivity contribution in [3.8, 4) is 0 Å². The summed E-state index contributed by atoms with van der Waals surface area (Å²) in [5, 5.41) is 1.78. The Kier molecular flexibility index (Phi) is 2.40. The molecule has 1 aromatic carbocycles. The molecule has 0 unspecified atom stereocenters. The fourth-order valence-corrected chi connectivity index (χ4v) is 2.68. The molecule has 1 aromatic heterocycles. The lowest BCUT2D eigenvalue weighted by Gasteiger charge is -1.91. The maximum atomic E-state index is 11.4. The van der Waals surface area contributed by atoms with Crippen molar-refractivity contribution in [2.45, 2.75) is 13.8 Å². The maximum Gasteiger partial charge on any atom is 0.170 e. The summed E-state index contributed by atoms with van der Waals surface area (Å²) in [6.45, 7) is 3.06. The van der Waals surface area contributed by atoms with Gasteiger partial charge in [0.1, 0.15) is 0 Å². The summed E-state index contributed by atoms with van der Waals surface area (Å²) in [4.78, 5) is 24.1. The van der Waals surface area contributed by atoms with E-state index in [1.165, 1.54) is 25.2 Å². The van der Waals surface area contributed by atoms with Crippen LogP contribution < -0.4 is 0 Å². The van der Waals surface area contributed by atoms with Crippen molar-refractivity contribution in [2.75, 3.05) is 0 Å². The highest BCUT2D eigenvalue weighted by Gasteiger charge is 2.15. The van der Waals surface area contributed by atoms with Crippen molar-refractivity contribution < 1.29 is 9.59 Å². The Balaban J connectivity index is 2.85. The zero-order valence-electron chi connectivity index (χ0n) is 8.53. The Morgan fingerprint density at radius 2 is 1.33 bits per heavy atom. The Bertz CT molecular complexity index is 504. The van der Waals surface area contributed by atoms with Gasteiger partial charge in [-0.1, -0.05) is 24.3 Å². The smallest absolute Gasteiger partial charge is 0.170 e. The van der Waals surface area contributed by atoms with E-state index >= 15 is 0 Å². The molecular formula is C12H10O2S. The fraction of sp³-hybridized carbons (Fsp3) is 0.167. The molecule has 3 heteroatoms.